The fourth-order valence-corrected chi connectivity index (χ4v) is 2.35. The van der Waals surface area contributed by atoms with E-state index in [1.54, 1.807) is 11.3 Å². The zero-order chi connectivity index (χ0) is 12.3. The molecule has 88 valence electrons. The van der Waals surface area contributed by atoms with Gasteiger partial charge in [0.15, 0.2) is 0 Å². The molecule has 0 bridgehead atoms. The van der Waals surface area contributed by atoms with Crippen molar-refractivity contribution < 1.29 is 0 Å². The Kier molecular flexibility index (Phi) is 3.57. The van der Waals surface area contributed by atoms with Gasteiger partial charge >= 0.3 is 0 Å². The van der Waals surface area contributed by atoms with Crippen LogP contribution < -0.4 is 5.32 Å². The molecule has 5 heteroatoms. The summed E-state index contributed by atoms with van der Waals surface area (Å²) >= 11 is 1.61. The first-order valence-corrected chi connectivity index (χ1v) is 6.24. The van der Waals surface area contributed by atoms with Crippen LogP contribution in [0.25, 0.3) is 0 Å². The Labute approximate surface area is 105 Å². The minimum Gasteiger partial charge on any atom is -0.308 e. The summed E-state index contributed by atoms with van der Waals surface area (Å²) in [5, 5.41) is 18.2. The number of aromatic nitrogens is 2. The fraction of sp³-hybridized carbons (Fsp3) is 0.333. The number of thiophene rings is 1. The first kappa shape index (κ1) is 11.8. The second-order valence-corrected chi connectivity index (χ2v) is 4.89. The Balaban J connectivity index is 1.88. The van der Waals surface area contributed by atoms with E-state index >= 15 is 0 Å². The van der Waals surface area contributed by atoms with E-state index in [9.17, 15) is 0 Å². The molecular formula is C12H14N4S. The summed E-state index contributed by atoms with van der Waals surface area (Å²) in [6.45, 7) is 3.66. The minimum absolute atomic E-state index is 0.740. The number of aryl methyl sites for hydroxylation is 1. The third-order valence-corrected chi connectivity index (χ3v) is 3.67. The van der Waals surface area contributed by atoms with Crippen molar-refractivity contribution in [3.8, 4) is 6.07 Å². The molecule has 0 saturated heterocycles. The standard InChI is InChI=1S/C12H14N4S/c1-9-11(6-15-16(9)2)5-14-7-12-3-10(4-13)8-17-12/h3,6,8,14H,5,7H2,1-2H3. The van der Waals surface area contributed by atoms with Crippen LogP contribution in [0.15, 0.2) is 17.6 Å². The lowest BCUT2D eigenvalue weighted by molar-refractivity contribution is 0.691. The Morgan fingerprint density at radius 1 is 1.53 bits per heavy atom. The molecule has 0 amide bonds. The van der Waals surface area contributed by atoms with E-state index in [1.807, 2.05) is 29.4 Å². The molecule has 17 heavy (non-hydrogen) atoms. The van der Waals surface area contributed by atoms with Gasteiger partial charge in [0.2, 0.25) is 0 Å². The van der Waals surface area contributed by atoms with Crippen LogP contribution >= 0.6 is 11.3 Å². The first-order chi connectivity index (χ1) is 8.20. The molecule has 0 spiro atoms. The molecule has 0 atom stereocenters. The van der Waals surface area contributed by atoms with Crippen molar-refractivity contribution in [2.75, 3.05) is 0 Å². The summed E-state index contributed by atoms with van der Waals surface area (Å²) in [5.41, 5.74) is 3.13. The normalized spacial score (nSPS) is 10.4. The summed E-state index contributed by atoms with van der Waals surface area (Å²) in [4.78, 5) is 1.18. The largest absolute Gasteiger partial charge is 0.308 e. The summed E-state index contributed by atoms with van der Waals surface area (Å²) in [7, 11) is 1.94. The monoisotopic (exact) mass is 246 g/mol. The average molecular weight is 246 g/mol. The van der Waals surface area contributed by atoms with Crippen molar-refractivity contribution in [3.05, 3.63) is 39.3 Å². The molecule has 0 unspecified atom stereocenters. The molecule has 0 aliphatic rings. The summed E-state index contributed by atoms with van der Waals surface area (Å²) in [5.74, 6) is 0. The van der Waals surface area contributed by atoms with E-state index in [1.165, 1.54) is 16.1 Å². The van der Waals surface area contributed by atoms with Crippen molar-refractivity contribution in [2.24, 2.45) is 7.05 Å². The Bertz CT molecular complexity index is 547. The molecular weight excluding hydrogens is 232 g/mol. The van der Waals surface area contributed by atoms with Crippen LogP contribution in [0, 0.1) is 18.3 Å². The van der Waals surface area contributed by atoms with Crippen LogP contribution in [0.5, 0.6) is 0 Å². The van der Waals surface area contributed by atoms with Gasteiger partial charge < -0.3 is 5.32 Å². The number of hydrogen-bond acceptors (Lipinski definition) is 4. The predicted molar refractivity (Wildman–Crippen MR) is 67.5 cm³/mol. The average Bonchev–Trinajstić information content (AvgIpc) is 2.90. The number of hydrogen-bond donors (Lipinski definition) is 1. The van der Waals surface area contributed by atoms with Crippen LogP contribution in [0.2, 0.25) is 0 Å². The summed E-state index contributed by atoms with van der Waals surface area (Å²) < 4.78 is 1.87. The van der Waals surface area contributed by atoms with Gasteiger partial charge in [0.1, 0.15) is 6.07 Å². The van der Waals surface area contributed by atoms with Gasteiger partial charge in [-0.3, -0.25) is 4.68 Å². The number of nitrogens with one attached hydrogen (secondary N) is 1. The van der Waals surface area contributed by atoms with E-state index in [-0.39, 0.29) is 0 Å². The molecule has 2 aromatic heterocycles. The maximum atomic E-state index is 8.72. The van der Waals surface area contributed by atoms with Crippen molar-refractivity contribution in [1.82, 2.24) is 15.1 Å². The third kappa shape index (κ3) is 2.73. The van der Waals surface area contributed by atoms with Crippen molar-refractivity contribution >= 4 is 11.3 Å². The molecule has 2 rings (SSSR count). The second kappa shape index (κ2) is 5.13. The Morgan fingerprint density at radius 3 is 2.94 bits per heavy atom. The molecule has 0 aromatic carbocycles. The summed E-state index contributed by atoms with van der Waals surface area (Å²) in [6.07, 6.45) is 1.89. The lowest BCUT2D eigenvalue weighted by atomic mass is 10.2. The Morgan fingerprint density at radius 2 is 2.35 bits per heavy atom. The van der Waals surface area contributed by atoms with E-state index < -0.39 is 0 Å². The van der Waals surface area contributed by atoms with E-state index in [0.717, 1.165) is 18.7 Å². The van der Waals surface area contributed by atoms with Crippen molar-refractivity contribution in [2.45, 2.75) is 20.0 Å². The predicted octanol–water partition coefficient (Wildman–Crippen LogP) is 1.95. The van der Waals surface area contributed by atoms with Gasteiger partial charge in [-0.05, 0) is 13.0 Å². The fourth-order valence-electron chi connectivity index (χ4n) is 1.57. The van der Waals surface area contributed by atoms with E-state index in [0.29, 0.717) is 0 Å². The van der Waals surface area contributed by atoms with Crippen LogP contribution in [0.3, 0.4) is 0 Å². The Hall–Kier alpha value is -1.64. The highest BCUT2D eigenvalue weighted by molar-refractivity contribution is 7.10. The number of nitriles is 1. The first-order valence-electron chi connectivity index (χ1n) is 5.36. The second-order valence-electron chi connectivity index (χ2n) is 3.90. The highest BCUT2D eigenvalue weighted by atomic mass is 32.1. The van der Waals surface area contributed by atoms with Crippen LogP contribution in [0.1, 0.15) is 21.7 Å². The van der Waals surface area contributed by atoms with Gasteiger partial charge in [0.25, 0.3) is 0 Å². The molecule has 1 N–H and O–H groups in total. The summed E-state index contributed by atoms with van der Waals surface area (Å²) in [6, 6.07) is 4.06. The van der Waals surface area contributed by atoms with Crippen LogP contribution in [-0.4, -0.2) is 9.78 Å². The van der Waals surface area contributed by atoms with Gasteiger partial charge in [-0.15, -0.1) is 11.3 Å². The highest BCUT2D eigenvalue weighted by Crippen LogP contribution is 2.13. The molecule has 0 fully saturated rings. The lowest BCUT2D eigenvalue weighted by Crippen LogP contribution is -2.12. The molecule has 4 nitrogen and oxygen atoms in total. The van der Waals surface area contributed by atoms with Gasteiger partial charge in [0.05, 0.1) is 11.8 Å². The zero-order valence-electron chi connectivity index (χ0n) is 9.90. The van der Waals surface area contributed by atoms with Gasteiger partial charge in [-0.2, -0.15) is 10.4 Å². The number of rotatable bonds is 4. The lowest BCUT2D eigenvalue weighted by Gasteiger charge is -2.02. The zero-order valence-corrected chi connectivity index (χ0v) is 10.7. The van der Waals surface area contributed by atoms with E-state index in [2.05, 4.69) is 23.4 Å². The maximum Gasteiger partial charge on any atom is 0.100 e. The van der Waals surface area contributed by atoms with Crippen molar-refractivity contribution in [1.29, 1.82) is 5.26 Å². The molecule has 2 aromatic rings. The number of nitrogens with zero attached hydrogens (tertiary/aromatic N) is 3. The minimum atomic E-state index is 0.740. The highest BCUT2D eigenvalue weighted by Gasteiger charge is 2.03. The molecule has 0 saturated carbocycles. The van der Waals surface area contributed by atoms with Crippen LogP contribution in [0.4, 0.5) is 0 Å². The quantitative estimate of drug-likeness (QED) is 0.897. The third-order valence-electron chi connectivity index (χ3n) is 2.73. The van der Waals surface area contributed by atoms with Crippen molar-refractivity contribution in [3.63, 3.8) is 0 Å². The van der Waals surface area contributed by atoms with Gasteiger partial charge in [-0.25, -0.2) is 0 Å². The smallest absolute Gasteiger partial charge is 0.100 e. The van der Waals surface area contributed by atoms with Gasteiger partial charge in [-0.1, -0.05) is 0 Å². The van der Waals surface area contributed by atoms with Crippen LogP contribution in [-0.2, 0) is 20.1 Å². The van der Waals surface area contributed by atoms with E-state index in [4.69, 9.17) is 5.26 Å². The molecule has 2 heterocycles. The topological polar surface area (TPSA) is 53.6 Å². The van der Waals surface area contributed by atoms with Gasteiger partial charge in [0, 0.05) is 41.7 Å². The molecule has 0 radical (unpaired) electrons. The SMILES string of the molecule is Cc1c(CNCc2cc(C#N)cs2)cnn1C. The molecule has 0 aliphatic heterocycles. The molecule has 0 aliphatic carbocycles. The maximum absolute atomic E-state index is 8.72.